The first-order valence-corrected chi connectivity index (χ1v) is 7.70. The minimum atomic E-state index is -0.481. The van der Waals surface area contributed by atoms with Gasteiger partial charge in [0.25, 0.3) is 0 Å². The molecule has 3 rings (SSSR count). The standard InChI is InChI=1S/C12H10N2.C3H5ClO.C3H5NO/c1-3-7-11(8-4-1)13-14-12-9-5-2-6-10-12;1-2-3(4)5-2;1-2-3(4)5/h1-10H;2-3H,1H3;2H,1H2,(H2,4,5). The average Bonchev–Trinajstić information content (AvgIpc) is 3.28. The molecule has 1 saturated heterocycles. The van der Waals surface area contributed by atoms with Gasteiger partial charge in [0.05, 0.1) is 17.5 Å². The van der Waals surface area contributed by atoms with Crippen molar-refractivity contribution in [3.8, 4) is 0 Å². The zero-order valence-corrected chi connectivity index (χ0v) is 14.1. The molecule has 0 aliphatic carbocycles. The van der Waals surface area contributed by atoms with E-state index in [0.29, 0.717) is 6.10 Å². The van der Waals surface area contributed by atoms with Gasteiger partial charge < -0.3 is 10.5 Å². The lowest BCUT2D eigenvalue weighted by Crippen LogP contribution is -2.04. The first kappa shape index (κ1) is 19.5. The number of carbonyl (C=O) groups is 1. The van der Waals surface area contributed by atoms with Crippen molar-refractivity contribution in [3.63, 3.8) is 0 Å². The van der Waals surface area contributed by atoms with Crippen LogP contribution in [0.25, 0.3) is 0 Å². The molecule has 1 fully saturated rings. The lowest BCUT2D eigenvalue weighted by atomic mass is 10.3. The van der Waals surface area contributed by atoms with E-state index in [4.69, 9.17) is 11.6 Å². The number of epoxide rings is 1. The van der Waals surface area contributed by atoms with E-state index in [1.807, 2.05) is 67.6 Å². The molecule has 1 aliphatic heterocycles. The minimum Gasteiger partial charge on any atom is -0.366 e. The summed E-state index contributed by atoms with van der Waals surface area (Å²) >= 11 is 5.31. The van der Waals surface area contributed by atoms with Crippen molar-refractivity contribution >= 4 is 28.9 Å². The highest BCUT2D eigenvalue weighted by molar-refractivity contribution is 6.21. The Morgan fingerprint density at radius 3 is 1.58 bits per heavy atom. The molecule has 0 saturated carbocycles. The Kier molecular flexibility index (Phi) is 9.04. The summed E-state index contributed by atoms with van der Waals surface area (Å²) < 4.78 is 4.68. The van der Waals surface area contributed by atoms with Gasteiger partial charge in [-0.3, -0.25) is 4.79 Å². The highest BCUT2D eigenvalue weighted by Crippen LogP contribution is 2.23. The number of ether oxygens (including phenoxy) is 1. The Labute approximate surface area is 146 Å². The topological polar surface area (TPSA) is 80.3 Å². The molecule has 0 bridgehead atoms. The third-order valence-corrected chi connectivity index (χ3v) is 3.09. The molecule has 2 atom stereocenters. The number of nitrogens with two attached hydrogens (primary N) is 1. The van der Waals surface area contributed by atoms with E-state index in [0.717, 1.165) is 17.5 Å². The second-order valence-electron chi connectivity index (χ2n) is 4.67. The molecule has 1 amide bonds. The highest BCUT2D eigenvalue weighted by atomic mass is 35.5. The fourth-order valence-corrected chi connectivity index (χ4v) is 1.43. The Morgan fingerprint density at radius 1 is 1.08 bits per heavy atom. The van der Waals surface area contributed by atoms with Crippen molar-refractivity contribution < 1.29 is 9.53 Å². The van der Waals surface area contributed by atoms with Crippen LogP contribution in [-0.4, -0.2) is 17.6 Å². The predicted molar refractivity (Wildman–Crippen MR) is 96.6 cm³/mol. The maximum absolute atomic E-state index is 9.47. The number of carbonyl (C=O) groups excluding carboxylic acids is 1. The summed E-state index contributed by atoms with van der Waals surface area (Å²) in [4.78, 5) is 9.47. The number of hydrogen-bond donors (Lipinski definition) is 1. The molecule has 2 aromatic rings. The second kappa shape index (κ2) is 11.1. The second-order valence-corrected chi connectivity index (χ2v) is 5.10. The van der Waals surface area contributed by atoms with Crippen LogP contribution in [0.1, 0.15) is 6.92 Å². The fourth-order valence-electron chi connectivity index (χ4n) is 1.26. The number of azo groups is 1. The molecule has 2 N–H and O–H groups in total. The molecule has 6 heteroatoms. The Hall–Kier alpha value is -2.50. The number of rotatable bonds is 3. The van der Waals surface area contributed by atoms with Gasteiger partial charge in [0.1, 0.15) is 0 Å². The van der Waals surface area contributed by atoms with Crippen LogP contribution in [-0.2, 0) is 9.53 Å². The molecule has 24 heavy (non-hydrogen) atoms. The predicted octanol–water partition coefficient (Wildman–Crippen LogP) is 4.73. The molecule has 126 valence electrons. The van der Waals surface area contributed by atoms with Gasteiger partial charge in [0, 0.05) is 0 Å². The number of benzene rings is 2. The SMILES string of the molecule is C=CC(N)=O.CC1OC1Cl.c1ccc(N=Nc2ccccc2)cc1. The monoisotopic (exact) mass is 345 g/mol. The van der Waals surface area contributed by atoms with Crippen LogP contribution >= 0.6 is 11.6 Å². The Balaban J connectivity index is 0.000000237. The number of alkyl halides is 1. The van der Waals surface area contributed by atoms with Gasteiger partial charge in [0.15, 0.2) is 5.56 Å². The molecule has 1 heterocycles. The van der Waals surface area contributed by atoms with Gasteiger partial charge in [-0.05, 0) is 37.3 Å². The third-order valence-electron chi connectivity index (χ3n) is 2.63. The maximum Gasteiger partial charge on any atom is 0.240 e. The lowest BCUT2D eigenvalue weighted by Gasteiger charge is -1.91. The van der Waals surface area contributed by atoms with Crippen molar-refractivity contribution in [3.05, 3.63) is 73.3 Å². The van der Waals surface area contributed by atoms with E-state index in [-0.39, 0.29) is 5.56 Å². The normalized spacial score (nSPS) is 17.8. The molecule has 2 unspecified atom stereocenters. The first-order valence-electron chi connectivity index (χ1n) is 7.26. The van der Waals surface area contributed by atoms with Gasteiger partial charge >= 0.3 is 0 Å². The molecule has 5 nitrogen and oxygen atoms in total. The van der Waals surface area contributed by atoms with E-state index in [1.165, 1.54) is 0 Å². The summed E-state index contributed by atoms with van der Waals surface area (Å²) in [6.07, 6.45) is 1.37. The van der Waals surface area contributed by atoms with Crippen LogP contribution in [0, 0.1) is 0 Å². The Bertz CT molecular complexity index is 600. The third kappa shape index (κ3) is 9.50. The highest BCUT2D eigenvalue weighted by Gasteiger charge is 2.30. The van der Waals surface area contributed by atoms with Crippen molar-refractivity contribution in [2.45, 2.75) is 18.6 Å². The van der Waals surface area contributed by atoms with Crippen molar-refractivity contribution in [2.24, 2.45) is 16.0 Å². The summed E-state index contributed by atoms with van der Waals surface area (Å²) in [7, 11) is 0. The van der Waals surface area contributed by atoms with Crippen LogP contribution in [0.2, 0.25) is 0 Å². The number of nitrogens with zero attached hydrogens (tertiary/aromatic N) is 2. The van der Waals surface area contributed by atoms with E-state index in [2.05, 4.69) is 27.3 Å². The first-order chi connectivity index (χ1) is 11.5. The zero-order valence-electron chi connectivity index (χ0n) is 13.4. The largest absolute Gasteiger partial charge is 0.366 e. The summed E-state index contributed by atoms with van der Waals surface area (Å²) in [6.45, 7) is 5.03. The summed E-state index contributed by atoms with van der Waals surface area (Å²) in [5, 5.41) is 8.20. The Morgan fingerprint density at radius 2 is 1.38 bits per heavy atom. The molecule has 1 aliphatic rings. The lowest BCUT2D eigenvalue weighted by molar-refractivity contribution is -0.113. The molecule has 0 aromatic heterocycles. The molecular weight excluding hydrogens is 326 g/mol. The summed E-state index contributed by atoms with van der Waals surface area (Å²) in [6, 6.07) is 19.4. The number of amides is 1. The number of halogens is 1. The van der Waals surface area contributed by atoms with Crippen LogP contribution in [0.15, 0.2) is 83.5 Å². The zero-order chi connectivity index (χ0) is 17.8. The van der Waals surface area contributed by atoms with Crippen molar-refractivity contribution in [1.82, 2.24) is 0 Å². The van der Waals surface area contributed by atoms with Crippen molar-refractivity contribution in [2.75, 3.05) is 0 Å². The van der Waals surface area contributed by atoms with Gasteiger partial charge in [-0.25, -0.2) is 0 Å². The summed E-state index contributed by atoms with van der Waals surface area (Å²) in [5.74, 6) is -0.481. The van der Waals surface area contributed by atoms with E-state index < -0.39 is 5.91 Å². The quantitative estimate of drug-likeness (QED) is 0.377. The molecule has 0 radical (unpaired) electrons. The average molecular weight is 346 g/mol. The van der Waals surface area contributed by atoms with E-state index in [9.17, 15) is 4.79 Å². The van der Waals surface area contributed by atoms with Gasteiger partial charge in [-0.1, -0.05) is 54.6 Å². The molecule has 0 spiro atoms. The number of hydrogen-bond acceptors (Lipinski definition) is 4. The van der Waals surface area contributed by atoms with Gasteiger partial charge in [-0.2, -0.15) is 10.2 Å². The molecule has 2 aromatic carbocycles. The van der Waals surface area contributed by atoms with Crippen LogP contribution in [0.5, 0.6) is 0 Å². The van der Waals surface area contributed by atoms with Crippen LogP contribution in [0.4, 0.5) is 11.4 Å². The minimum absolute atomic E-state index is 0.0231. The maximum atomic E-state index is 9.47. The smallest absolute Gasteiger partial charge is 0.240 e. The van der Waals surface area contributed by atoms with Gasteiger partial charge in [-0.15, -0.1) is 0 Å². The summed E-state index contributed by atoms with van der Waals surface area (Å²) in [5.41, 5.74) is 6.30. The van der Waals surface area contributed by atoms with Crippen molar-refractivity contribution in [1.29, 1.82) is 0 Å². The van der Waals surface area contributed by atoms with E-state index >= 15 is 0 Å². The van der Waals surface area contributed by atoms with Gasteiger partial charge in [0.2, 0.25) is 5.91 Å². The molecular formula is C18H20ClN3O2. The number of primary amides is 1. The fraction of sp³-hybridized carbons (Fsp3) is 0.167. The van der Waals surface area contributed by atoms with E-state index in [1.54, 1.807) is 0 Å². The van der Waals surface area contributed by atoms with Crippen LogP contribution < -0.4 is 5.73 Å². The van der Waals surface area contributed by atoms with Crippen LogP contribution in [0.3, 0.4) is 0 Å².